The highest BCUT2D eigenvalue weighted by molar-refractivity contribution is 6.00. The Bertz CT molecular complexity index is 774. The molecular formula is C18H18N2O4. The average molecular weight is 326 g/mol. The lowest BCUT2D eigenvalue weighted by atomic mass is 10.0. The summed E-state index contributed by atoms with van der Waals surface area (Å²) in [6, 6.07) is 13.9. The van der Waals surface area contributed by atoms with Crippen LogP contribution in [-0.2, 0) is 11.3 Å². The van der Waals surface area contributed by atoms with E-state index in [9.17, 15) is 14.9 Å². The Balaban J connectivity index is 2.05. The predicted octanol–water partition coefficient (Wildman–Crippen LogP) is 3.55. The zero-order valence-corrected chi connectivity index (χ0v) is 13.5. The zero-order chi connectivity index (χ0) is 17.3. The number of anilines is 1. The number of hydrogen-bond acceptors (Lipinski definition) is 4. The van der Waals surface area contributed by atoms with Crippen LogP contribution in [0.5, 0.6) is 5.75 Å². The normalized spacial score (nSPS) is 16.7. The van der Waals surface area contributed by atoms with E-state index in [0.717, 1.165) is 5.56 Å². The lowest BCUT2D eigenvalue weighted by molar-refractivity contribution is -0.384. The number of ether oxygens (including phenoxy) is 1. The van der Waals surface area contributed by atoms with E-state index in [2.05, 4.69) is 0 Å². The van der Waals surface area contributed by atoms with Crippen LogP contribution in [-0.4, -0.2) is 16.9 Å². The number of amides is 1. The van der Waals surface area contributed by atoms with Crippen molar-refractivity contribution >= 4 is 17.3 Å². The molecule has 0 aromatic heterocycles. The SMILES string of the molecule is CC(C)C1Oc2ccc([N+](=O)[O-])cc2N(Cc2ccccc2)C1=O. The molecule has 1 atom stereocenters. The molecule has 3 rings (SSSR count). The second-order valence-corrected chi connectivity index (χ2v) is 6.10. The molecular weight excluding hydrogens is 308 g/mol. The smallest absolute Gasteiger partial charge is 0.271 e. The fourth-order valence-electron chi connectivity index (χ4n) is 2.74. The third kappa shape index (κ3) is 2.95. The van der Waals surface area contributed by atoms with Crippen molar-refractivity contribution in [3.05, 3.63) is 64.2 Å². The number of benzene rings is 2. The minimum Gasteiger partial charge on any atom is -0.478 e. The molecule has 24 heavy (non-hydrogen) atoms. The Morgan fingerprint density at radius 2 is 1.92 bits per heavy atom. The molecule has 0 N–H and O–H groups in total. The number of rotatable bonds is 4. The molecule has 0 saturated carbocycles. The van der Waals surface area contributed by atoms with Crippen molar-refractivity contribution in [2.24, 2.45) is 5.92 Å². The molecule has 6 heteroatoms. The summed E-state index contributed by atoms with van der Waals surface area (Å²) < 4.78 is 5.79. The van der Waals surface area contributed by atoms with Crippen molar-refractivity contribution in [2.75, 3.05) is 4.90 Å². The number of hydrogen-bond donors (Lipinski definition) is 0. The molecule has 6 nitrogen and oxygen atoms in total. The maximum atomic E-state index is 12.8. The molecule has 0 bridgehead atoms. The quantitative estimate of drug-likeness (QED) is 0.636. The summed E-state index contributed by atoms with van der Waals surface area (Å²) in [6.45, 7) is 4.18. The molecule has 0 radical (unpaired) electrons. The summed E-state index contributed by atoms with van der Waals surface area (Å²) in [4.78, 5) is 25.0. The summed E-state index contributed by atoms with van der Waals surface area (Å²) >= 11 is 0. The van der Waals surface area contributed by atoms with Gasteiger partial charge >= 0.3 is 0 Å². The second-order valence-electron chi connectivity index (χ2n) is 6.10. The summed E-state index contributed by atoms with van der Waals surface area (Å²) in [5, 5.41) is 11.1. The van der Waals surface area contributed by atoms with Gasteiger partial charge in [0.05, 0.1) is 17.2 Å². The molecule has 0 spiro atoms. The predicted molar refractivity (Wildman–Crippen MR) is 90.0 cm³/mol. The fraction of sp³-hybridized carbons (Fsp3) is 0.278. The van der Waals surface area contributed by atoms with Crippen molar-refractivity contribution in [1.82, 2.24) is 0 Å². The van der Waals surface area contributed by atoms with Crippen LogP contribution in [0.3, 0.4) is 0 Å². The Kier molecular flexibility index (Phi) is 4.20. The third-order valence-corrected chi connectivity index (χ3v) is 4.00. The summed E-state index contributed by atoms with van der Waals surface area (Å²) in [5.41, 5.74) is 1.33. The molecule has 1 amide bonds. The molecule has 1 aliphatic heterocycles. The monoisotopic (exact) mass is 326 g/mol. The van der Waals surface area contributed by atoms with Gasteiger partial charge < -0.3 is 9.64 Å². The van der Waals surface area contributed by atoms with Gasteiger partial charge in [0.25, 0.3) is 11.6 Å². The van der Waals surface area contributed by atoms with Crippen LogP contribution in [0.15, 0.2) is 48.5 Å². The number of nitro groups is 1. The molecule has 0 saturated heterocycles. The van der Waals surface area contributed by atoms with E-state index < -0.39 is 11.0 Å². The molecule has 2 aromatic carbocycles. The van der Waals surface area contributed by atoms with Gasteiger partial charge in [-0.05, 0) is 17.5 Å². The first kappa shape index (κ1) is 16.0. The summed E-state index contributed by atoms with van der Waals surface area (Å²) in [6.07, 6.45) is -0.595. The van der Waals surface area contributed by atoms with Crippen LogP contribution in [0, 0.1) is 16.0 Å². The Morgan fingerprint density at radius 3 is 2.54 bits per heavy atom. The Labute approximate surface area is 139 Å². The molecule has 2 aromatic rings. The minimum absolute atomic E-state index is 0.000819. The highest BCUT2D eigenvalue weighted by atomic mass is 16.6. The van der Waals surface area contributed by atoms with Crippen LogP contribution >= 0.6 is 0 Å². The fourth-order valence-corrected chi connectivity index (χ4v) is 2.74. The summed E-state index contributed by atoms with van der Waals surface area (Å²) in [5.74, 6) is 0.316. The van der Waals surface area contributed by atoms with Crippen LogP contribution < -0.4 is 9.64 Å². The number of nitrogens with zero attached hydrogens (tertiary/aromatic N) is 2. The van der Waals surface area contributed by atoms with Gasteiger partial charge in [-0.15, -0.1) is 0 Å². The zero-order valence-electron chi connectivity index (χ0n) is 13.5. The van der Waals surface area contributed by atoms with E-state index in [1.165, 1.54) is 12.1 Å². The maximum absolute atomic E-state index is 12.8. The van der Waals surface area contributed by atoms with Crippen LogP contribution in [0.1, 0.15) is 19.4 Å². The highest BCUT2D eigenvalue weighted by Gasteiger charge is 2.37. The van der Waals surface area contributed by atoms with Crippen molar-refractivity contribution in [3.8, 4) is 5.75 Å². The lowest BCUT2D eigenvalue weighted by Crippen LogP contribution is -2.48. The van der Waals surface area contributed by atoms with Crippen molar-refractivity contribution in [2.45, 2.75) is 26.5 Å². The first-order valence-corrected chi connectivity index (χ1v) is 7.78. The van der Waals surface area contributed by atoms with Crippen LogP contribution in [0.25, 0.3) is 0 Å². The van der Waals surface area contributed by atoms with Crippen molar-refractivity contribution in [3.63, 3.8) is 0 Å². The molecule has 1 aliphatic rings. The van der Waals surface area contributed by atoms with E-state index in [-0.39, 0.29) is 17.5 Å². The Morgan fingerprint density at radius 1 is 1.21 bits per heavy atom. The second kappa shape index (κ2) is 6.31. The van der Waals surface area contributed by atoms with Crippen molar-refractivity contribution in [1.29, 1.82) is 0 Å². The minimum atomic E-state index is -0.595. The number of fused-ring (bicyclic) bond motifs is 1. The molecule has 0 fully saturated rings. The highest BCUT2D eigenvalue weighted by Crippen LogP contribution is 2.39. The average Bonchev–Trinajstić information content (AvgIpc) is 2.57. The van der Waals surface area contributed by atoms with Gasteiger partial charge in [0.1, 0.15) is 5.75 Å². The van der Waals surface area contributed by atoms with Gasteiger partial charge in [0.2, 0.25) is 0 Å². The van der Waals surface area contributed by atoms with Gasteiger partial charge in [-0.2, -0.15) is 0 Å². The van der Waals surface area contributed by atoms with Crippen LogP contribution in [0.4, 0.5) is 11.4 Å². The first-order chi connectivity index (χ1) is 11.5. The van der Waals surface area contributed by atoms with Gasteiger partial charge in [0, 0.05) is 12.1 Å². The first-order valence-electron chi connectivity index (χ1n) is 7.78. The number of carbonyl (C=O) groups is 1. The van der Waals surface area contributed by atoms with E-state index in [1.807, 2.05) is 44.2 Å². The number of nitro benzene ring substituents is 1. The van der Waals surface area contributed by atoms with Gasteiger partial charge in [0.15, 0.2) is 6.10 Å². The van der Waals surface area contributed by atoms with E-state index in [4.69, 9.17) is 4.74 Å². The summed E-state index contributed by atoms with van der Waals surface area (Å²) in [7, 11) is 0. The van der Waals surface area contributed by atoms with Crippen LogP contribution in [0.2, 0.25) is 0 Å². The molecule has 1 unspecified atom stereocenters. The third-order valence-electron chi connectivity index (χ3n) is 4.00. The maximum Gasteiger partial charge on any atom is 0.271 e. The van der Waals surface area contributed by atoms with Gasteiger partial charge in [-0.3, -0.25) is 14.9 Å². The van der Waals surface area contributed by atoms with E-state index in [0.29, 0.717) is 18.0 Å². The number of non-ortho nitro benzene ring substituents is 1. The van der Waals surface area contributed by atoms with Gasteiger partial charge in [-0.25, -0.2) is 0 Å². The lowest BCUT2D eigenvalue weighted by Gasteiger charge is -2.35. The van der Waals surface area contributed by atoms with E-state index in [1.54, 1.807) is 11.0 Å². The van der Waals surface area contributed by atoms with E-state index >= 15 is 0 Å². The molecule has 1 heterocycles. The number of carbonyl (C=O) groups excluding carboxylic acids is 1. The van der Waals surface area contributed by atoms with Crippen molar-refractivity contribution < 1.29 is 14.5 Å². The molecule has 124 valence electrons. The Hall–Kier alpha value is -2.89. The topological polar surface area (TPSA) is 72.7 Å². The standard InChI is InChI=1S/C18H18N2O4/c1-12(2)17-18(21)19(11-13-6-4-3-5-7-13)15-10-14(20(22)23)8-9-16(15)24-17/h3-10,12,17H,11H2,1-2H3. The largest absolute Gasteiger partial charge is 0.478 e. The molecule has 0 aliphatic carbocycles. The van der Waals surface area contributed by atoms with Gasteiger partial charge in [-0.1, -0.05) is 44.2 Å².